The van der Waals surface area contributed by atoms with E-state index in [9.17, 15) is 8.42 Å². The third-order valence-corrected chi connectivity index (χ3v) is 7.20. The van der Waals surface area contributed by atoms with Crippen molar-refractivity contribution in [3.63, 3.8) is 0 Å². The molecule has 3 heterocycles. The number of anilines is 1. The van der Waals surface area contributed by atoms with E-state index in [1.165, 1.54) is 11.3 Å². The quantitative estimate of drug-likeness (QED) is 0.415. The van der Waals surface area contributed by atoms with Crippen molar-refractivity contribution in [3.8, 4) is 21.8 Å². The third-order valence-electron chi connectivity index (χ3n) is 4.76. The van der Waals surface area contributed by atoms with E-state index in [4.69, 9.17) is 0 Å². The molecule has 2 aromatic carbocycles. The molecule has 154 valence electrons. The van der Waals surface area contributed by atoms with E-state index < -0.39 is 10.0 Å². The number of hydrogen-bond acceptors (Lipinski definition) is 7. The first kappa shape index (κ1) is 19.3. The number of H-pyrrole nitrogens is 1. The molecule has 31 heavy (non-hydrogen) atoms. The summed E-state index contributed by atoms with van der Waals surface area (Å²) in [7, 11) is -3.65. The molecule has 5 rings (SSSR count). The lowest BCUT2D eigenvalue weighted by molar-refractivity contribution is 0.601. The Hall–Kier alpha value is -3.63. The molecule has 0 radical (unpaired) electrons. The largest absolute Gasteiger partial charge is 0.280 e. The fourth-order valence-electron chi connectivity index (χ4n) is 3.28. The highest BCUT2D eigenvalue weighted by Crippen LogP contribution is 2.37. The van der Waals surface area contributed by atoms with Crippen LogP contribution in [0.25, 0.3) is 31.9 Å². The maximum absolute atomic E-state index is 12.7. The van der Waals surface area contributed by atoms with Gasteiger partial charge in [0, 0.05) is 29.0 Å². The molecule has 5 aromatic rings. The summed E-state index contributed by atoms with van der Waals surface area (Å²) >= 11 is 1.53. The molecular weight excluding hydrogens is 432 g/mol. The van der Waals surface area contributed by atoms with Crippen LogP contribution in [-0.4, -0.2) is 34.0 Å². The Kier molecular flexibility index (Phi) is 4.72. The number of thiophene rings is 1. The standard InChI is InChI=1S/C21H16N6O2S2/c1-13-3-2-4-16(9-13)31(28,29)25-15-7-5-14(6-8-15)18-11-22-12-20-17(18)10-19(30-20)21-23-26-27-24-21/h2-12,25H,1H3,(H,23,24,26,27). The van der Waals surface area contributed by atoms with Gasteiger partial charge in [-0.05, 0) is 53.6 Å². The van der Waals surface area contributed by atoms with Crippen LogP contribution in [0.4, 0.5) is 5.69 Å². The number of aromatic nitrogens is 5. The predicted molar refractivity (Wildman–Crippen MR) is 120 cm³/mol. The van der Waals surface area contributed by atoms with Gasteiger partial charge >= 0.3 is 0 Å². The first-order chi connectivity index (χ1) is 15.0. The zero-order chi connectivity index (χ0) is 21.4. The highest BCUT2D eigenvalue weighted by Gasteiger charge is 2.15. The molecule has 0 saturated carbocycles. The number of rotatable bonds is 5. The molecule has 2 N–H and O–H groups in total. The summed E-state index contributed by atoms with van der Waals surface area (Å²) in [5.41, 5.74) is 3.24. The van der Waals surface area contributed by atoms with Crippen LogP contribution >= 0.6 is 11.3 Å². The smallest absolute Gasteiger partial charge is 0.261 e. The van der Waals surface area contributed by atoms with Crippen LogP contribution in [0.2, 0.25) is 0 Å². The van der Waals surface area contributed by atoms with Gasteiger partial charge in [-0.15, -0.1) is 21.5 Å². The molecule has 0 amide bonds. The molecule has 0 fully saturated rings. The Morgan fingerprint density at radius 1 is 1.03 bits per heavy atom. The maximum Gasteiger partial charge on any atom is 0.261 e. The molecular formula is C21H16N6O2S2. The van der Waals surface area contributed by atoms with E-state index in [0.717, 1.165) is 31.7 Å². The fraction of sp³-hybridized carbons (Fsp3) is 0.0476. The van der Waals surface area contributed by atoms with Crippen molar-refractivity contribution in [1.82, 2.24) is 25.6 Å². The molecule has 0 unspecified atom stereocenters. The van der Waals surface area contributed by atoms with Crippen LogP contribution in [0.5, 0.6) is 0 Å². The zero-order valence-corrected chi connectivity index (χ0v) is 17.9. The van der Waals surface area contributed by atoms with Crippen molar-refractivity contribution < 1.29 is 8.42 Å². The van der Waals surface area contributed by atoms with Gasteiger partial charge < -0.3 is 0 Å². The summed E-state index contributed by atoms with van der Waals surface area (Å²) < 4.78 is 29.0. The van der Waals surface area contributed by atoms with Gasteiger partial charge in [0.05, 0.1) is 14.5 Å². The molecule has 8 nitrogen and oxygen atoms in total. The molecule has 0 aliphatic carbocycles. The molecule has 3 aromatic heterocycles. The molecule has 0 bridgehead atoms. The van der Waals surface area contributed by atoms with Gasteiger partial charge in [0.15, 0.2) is 0 Å². The lowest BCUT2D eigenvalue weighted by Gasteiger charge is -2.10. The number of nitrogens with zero attached hydrogens (tertiary/aromatic N) is 4. The first-order valence-electron chi connectivity index (χ1n) is 9.31. The highest BCUT2D eigenvalue weighted by atomic mass is 32.2. The van der Waals surface area contributed by atoms with Crippen molar-refractivity contribution in [2.75, 3.05) is 4.72 Å². The lowest BCUT2D eigenvalue weighted by Crippen LogP contribution is -2.12. The van der Waals surface area contributed by atoms with Crippen molar-refractivity contribution in [3.05, 3.63) is 72.6 Å². The van der Waals surface area contributed by atoms with E-state index in [-0.39, 0.29) is 4.90 Å². The van der Waals surface area contributed by atoms with Crippen molar-refractivity contribution in [2.24, 2.45) is 0 Å². The van der Waals surface area contributed by atoms with Gasteiger partial charge in [-0.2, -0.15) is 5.21 Å². The van der Waals surface area contributed by atoms with Crippen LogP contribution in [-0.2, 0) is 10.0 Å². The monoisotopic (exact) mass is 448 g/mol. The van der Waals surface area contributed by atoms with Crippen molar-refractivity contribution in [2.45, 2.75) is 11.8 Å². The average Bonchev–Trinajstić information content (AvgIpc) is 3.43. The zero-order valence-electron chi connectivity index (χ0n) is 16.3. The number of tetrazole rings is 1. The van der Waals surface area contributed by atoms with Gasteiger partial charge in [-0.1, -0.05) is 24.3 Å². The molecule has 0 saturated heterocycles. The second-order valence-electron chi connectivity index (χ2n) is 6.94. The second kappa shape index (κ2) is 7.56. The number of hydrogen-bond donors (Lipinski definition) is 2. The van der Waals surface area contributed by atoms with Gasteiger partial charge in [0.25, 0.3) is 10.0 Å². The van der Waals surface area contributed by atoms with Crippen LogP contribution < -0.4 is 4.72 Å². The summed E-state index contributed by atoms with van der Waals surface area (Å²) in [6.07, 6.45) is 3.60. The van der Waals surface area contributed by atoms with Crippen molar-refractivity contribution in [1.29, 1.82) is 0 Å². The molecule has 0 atom stereocenters. The molecule has 10 heteroatoms. The normalized spacial score (nSPS) is 11.6. The molecule has 0 aliphatic rings. The second-order valence-corrected chi connectivity index (χ2v) is 9.71. The van der Waals surface area contributed by atoms with Crippen LogP contribution in [0.1, 0.15) is 5.56 Å². The molecule has 0 aliphatic heterocycles. The third kappa shape index (κ3) is 3.78. The number of aromatic amines is 1. The van der Waals surface area contributed by atoms with E-state index in [2.05, 4.69) is 30.3 Å². The number of benzene rings is 2. The minimum Gasteiger partial charge on any atom is -0.280 e. The van der Waals surface area contributed by atoms with Gasteiger partial charge in [-0.3, -0.25) is 9.71 Å². The van der Waals surface area contributed by atoms with E-state index in [0.29, 0.717) is 11.5 Å². The summed E-state index contributed by atoms with van der Waals surface area (Å²) in [5, 5.41) is 15.2. The van der Waals surface area contributed by atoms with E-state index in [1.807, 2.05) is 31.2 Å². The van der Waals surface area contributed by atoms with Gasteiger partial charge in [0.2, 0.25) is 5.82 Å². The van der Waals surface area contributed by atoms with Gasteiger partial charge in [-0.25, -0.2) is 8.42 Å². The summed E-state index contributed by atoms with van der Waals surface area (Å²) in [4.78, 5) is 5.47. The molecule has 0 spiro atoms. The van der Waals surface area contributed by atoms with Crippen LogP contribution in [0.3, 0.4) is 0 Å². The lowest BCUT2D eigenvalue weighted by atomic mass is 10.0. The number of aryl methyl sites for hydroxylation is 1. The Morgan fingerprint density at radius 2 is 1.87 bits per heavy atom. The highest BCUT2D eigenvalue weighted by molar-refractivity contribution is 7.92. The Balaban J connectivity index is 1.46. The summed E-state index contributed by atoms with van der Waals surface area (Å²) in [5.74, 6) is 0.535. The maximum atomic E-state index is 12.7. The Labute approximate surface area is 182 Å². The number of sulfonamides is 1. The minimum atomic E-state index is -3.65. The van der Waals surface area contributed by atoms with Gasteiger partial charge in [0.1, 0.15) is 0 Å². The summed E-state index contributed by atoms with van der Waals surface area (Å²) in [6, 6.07) is 16.0. The van der Waals surface area contributed by atoms with Crippen LogP contribution in [0, 0.1) is 6.92 Å². The number of pyridine rings is 1. The topological polar surface area (TPSA) is 114 Å². The van der Waals surface area contributed by atoms with E-state index in [1.54, 1.807) is 42.7 Å². The van der Waals surface area contributed by atoms with E-state index >= 15 is 0 Å². The number of nitrogens with one attached hydrogen (secondary N) is 2. The Morgan fingerprint density at radius 3 is 2.61 bits per heavy atom. The minimum absolute atomic E-state index is 0.234. The summed E-state index contributed by atoms with van der Waals surface area (Å²) in [6.45, 7) is 1.86. The van der Waals surface area contributed by atoms with Crippen LogP contribution in [0.15, 0.2) is 71.9 Å². The van der Waals surface area contributed by atoms with Crippen molar-refractivity contribution >= 4 is 37.1 Å². The average molecular weight is 449 g/mol. The fourth-order valence-corrected chi connectivity index (χ4v) is 5.43. The number of fused-ring (bicyclic) bond motifs is 1. The first-order valence-corrected chi connectivity index (χ1v) is 11.6. The predicted octanol–water partition coefficient (Wildman–Crippen LogP) is 4.25. The Bertz CT molecular complexity index is 1480. The SMILES string of the molecule is Cc1cccc(S(=O)(=O)Nc2ccc(-c3cncc4sc(-c5nn[nH]n5)cc34)cc2)c1.